The molecule has 1 aromatic heterocycles. The number of methoxy groups -OCH3 is 1. The van der Waals surface area contributed by atoms with Crippen LogP contribution in [0, 0.1) is 0 Å². The molecule has 0 bridgehead atoms. The first-order chi connectivity index (χ1) is 13.3. The van der Waals surface area contributed by atoms with E-state index in [0.717, 1.165) is 17.2 Å². The van der Waals surface area contributed by atoms with Gasteiger partial charge in [-0.3, -0.25) is 4.79 Å². The van der Waals surface area contributed by atoms with E-state index >= 15 is 0 Å². The molecule has 27 heavy (non-hydrogen) atoms. The molecule has 0 aliphatic heterocycles. The molecule has 1 heterocycles. The van der Waals surface area contributed by atoms with Gasteiger partial charge in [0.2, 0.25) is 5.91 Å². The molecule has 1 unspecified atom stereocenters. The average molecular weight is 388 g/mol. The van der Waals surface area contributed by atoms with Crippen LogP contribution in [-0.2, 0) is 14.4 Å². The van der Waals surface area contributed by atoms with E-state index in [-0.39, 0.29) is 5.91 Å². The van der Waals surface area contributed by atoms with Crippen molar-refractivity contribution in [3.63, 3.8) is 0 Å². The predicted octanol–water partition coefficient (Wildman–Crippen LogP) is 3.57. The van der Waals surface area contributed by atoms with Crippen LogP contribution >= 0.6 is 11.8 Å². The number of ether oxygens (including phenoxy) is 1. The highest BCUT2D eigenvalue weighted by Gasteiger charge is 2.24. The Labute approximate surface area is 164 Å². The summed E-state index contributed by atoms with van der Waals surface area (Å²) in [6, 6.07) is 12.8. The highest BCUT2D eigenvalue weighted by Crippen LogP contribution is 2.39. The van der Waals surface area contributed by atoms with Crippen LogP contribution < -0.4 is 10.8 Å². The second-order valence-corrected chi connectivity index (χ2v) is 7.71. The van der Waals surface area contributed by atoms with Crippen molar-refractivity contribution in [2.45, 2.75) is 35.4 Å². The standard InChI is InChI=1S/C20H25N3O3S/c1-25-13-4-14-26-23-19(20(24)22-18-5-2-3-12-21-18)15-6-8-16(9-7-15)27-17-10-11-17/h2-3,5-9,12,17,19,23H,4,10-11,13-14H2,1H3,(H,21,22,24). The fourth-order valence-corrected chi connectivity index (χ4v) is 3.49. The number of pyridine rings is 1. The summed E-state index contributed by atoms with van der Waals surface area (Å²) in [5.41, 5.74) is 3.73. The van der Waals surface area contributed by atoms with Crippen molar-refractivity contribution in [2.75, 3.05) is 25.6 Å². The van der Waals surface area contributed by atoms with E-state index in [4.69, 9.17) is 9.57 Å². The molecule has 1 aliphatic carbocycles. The Morgan fingerprint density at radius 2 is 2.04 bits per heavy atom. The van der Waals surface area contributed by atoms with Crippen LogP contribution in [0.2, 0.25) is 0 Å². The van der Waals surface area contributed by atoms with E-state index in [2.05, 4.69) is 27.9 Å². The molecule has 3 rings (SSSR count). The molecular weight excluding hydrogens is 362 g/mol. The van der Waals surface area contributed by atoms with Gasteiger partial charge in [0.1, 0.15) is 11.9 Å². The molecule has 1 saturated carbocycles. The number of hydroxylamine groups is 1. The quantitative estimate of drug-likeness (QED) is 0.454. The number of anilines is 1. The molecule has 0 saturated heterocycles. The Morgan fingerprint density at radius 3 is 2.70 bits per heavy atom. The number of carbonyl (C=O) groups excluding carboxylic acids is 1. The molecule has 6 nitrogen and oxygen atoms in total. The number of carbonyl (C=O) groups is 1. The first-order valence-electron chi connectivity index (χ1n) is 9.11. The maximum atomic E-state index is 12.8. The molecule has 1 aromatic carbocycles. The fraction of sp³-hybridized carbons (Fsp3) is 0.400. The van der Waals surface area contributed by atoms with Gasteiger partial charge in [-0.15, -0.1) is 11.8 Å². The second kappa shape index (κ2) is 10.4. The monoisotopic (exact) mass is 387 g/mol. The largest absolute Gasteiger partial charge is 0.385 e. The zero-order valence-electron chi connectivity index (χ0n) is 15.4. The molecule has 2 aromatic rings. The molecule has 2 N–H and O–H groups in total. The lowest BCUT2D eigenvalue weighted by molar-refractivity contribution is -0.122. The highest BCUT2D eigenvalue weighted by molar-refractivity contribution is 8.00. The van der Waals surface area contributed by atoms with E-state index in [1.165, 1.54) is 17.7 Å². The van der Waals surface area contributed by atoms with Crippen LogP contribution in [0.15, 0.2) is 53.6 Å². The number of rotatable bonds is 11. The van der Waals surface area contributed by atoms with Gasteiger partial charge in [-0.05, 0) is 49.1 Å². The molecule has 0 spiro atoms. The van der Waals surface area contributed by atoms with Gasteiger partial charge in [0, 0.05) is 30.1 Å². The fourth-order valence-electron chi connectivity index (χ4n) is 2.44. The number of nitrogens with zero attached hydrogens (tertiary/aromatic N) is 1. The molecule has 7 heteroatoms. The number of aromatic nitrogens is 1. The molecule has 1 amide bonds. The topological polar surface area (TPSA) is 72.5 Å². The first-order valence-corrected chi connectivity index (χ1v) is 9.99. The minimum Gasteiger partial charge on any atom is -0.385 e. The smallest absolute Gasteiger partial charge is 0.249 e. The SMILES string of the molecule is COCCCONC(C(=O)Nc1ccccn1)c1ccc(SC2CC2)cc1. The van der Waals surface area contributed by atoms with E-state index in [0.29, 0.717) is 19.0 Å². The minimum absolute atomic E-state index is 0.219. The van der Waals surface area contributed by atoms with E-state index in [1.807, 2.05) is 30.0 Å². The third-order valence-corrected chi connectivity index (χ3v) is 5.36. The van der Waals surface area contributed by atoms with Crippen molar-refractivity contribution in [2.24, 2.45) is 0 Å². The maximum Gasteiger partial charge on any atom is 0.249 e. The summed E-state index contributed by atoms with van der Waals surface area (Å²) in [6.07, 6.45) is 4.97. The van der Waals surface area contributed by atoms with Gasteiger partial charge in [-0.2, -0.15) is 5.48 Å². The molecule has 1 aliphatic rings. The van der Waals surface area contributed by atoms with E-state index < -0.39 is 6.04 Å². The number of thioether (sulfide) groups is 1. The molecule has 1 atom stereocenters. The first kappa shape index (κ1) is 19.8. The number of hydrogen-bond acceptors (Lipinski definition) is 6. The lowest BCUT2D eigenvalue weighted by atomic mass is 10.1. The Kier molecular flexibility index (Phi) is 7.65. The van der Waals surface area contributed by atoms with Gasteiger partial charge in [0.25, 0.3) is 0 Å². The van der Waals surface area contributed by atoms with Crippen molar-refractivity contribution < 1.29 is 14.4 Å². The lowest BCUT2D eigenvalue weighted by Crippen LogP contribution is -2.33. The summed E-state index contributed by atoms with van der Waals surface area (Å²) in [4.78, 5) is 23.7. The van der Waals surface area contributed by atoms with Crippen molar-refractivity contribution in [3.05, 3.63) is 54.2 Å². The molecule has 144 valence electrons. The van der Waals surface area contributed by atoms with Crippen LogP contribution in [0.5, 0.6) is 0 Å². The number of amides is 1. The van der Waals surface area contributed by atoms with Gasteiger partial charge in [-0.25, -0.2) is 4.98 Å². The minimum atomic E-state index is -0.630. The van der Waals surface area contributed by atoms with Crippen LogP contribution in [-0.4, -0.2) is 36.5 Å². The highest BCUT2D eigenvalue weighted by atomic mass is 32.2. The van der Waals surface area contributed by atoms with Gasteiger partial charge in [0.05, 0.1) is 6.61 Å². The van der Waals surface area contributed by atoms with E-state index in [1.54, 1.807) is 25.4 Å². The van der Waals surface area contributed by atoms with Crippen LogP contribution in [0.4, 0.5) is 5.82 Å². The van der Waals surface area contributed by atoms with Crippen molar-refractivity contribution in [1.82, 2.24) is 10.5 Å². The number of nitrogens with one attached hydrogen (secondary N) is 2. The van der Waals surface area contributed by atoms with Gasteiger partial charge >= 0.3 is 0 Å². The van der Waals surface area contributed by atoms with Crippen molar-refractivity contribution >= 4 is 23.5 Å². The summed E-state index contributed by atoms with van der Waals surface area (Å²) in [7, 11) is 1.65. The van der Waals surface area contributed by atoms with E-state index in [9.17, 15) is 4.79 Å². The zero-order valence-corrected chi connectivity index (χ0v) is 16.2. The predicted molar refractivity (Wildman–Crippen MR) is 107 cm³/mol. The van der Waals surface area contributed by atoms with Gasteiger partial charge in [0.15, 0.2) is 0 Å². The normalized spacial score (nSPS) is 14.7. The van der Waals surface area contributed by atoms with Crippen LogP contribution in [0.1, 0.15) is 30.9 Å². The van der Waals surface area contributed by atoms with Crippen LogP contribution in [0.3, 0.4) is 0 Å². The maximum absolute atomic E-state index is 12.8. The summed E-state index contributed by atoms with van der Waals surface area (Å²) in [5, 5.41) is 3.58. The summed E-state index contributed by atoms with van der Waals surface area (Å²) < 4.78 is 5.01. The molecule has 1 fully saturated rings. The Balaban J connectivity index is 1.64. The molecule has 0 radical (unpaired) electrons. The van der Waals surface area contributed by atoms with Crippen LogP contribution in [0.25, 0.3) is 0 Å². The number of hydrogen-bond donors (Lipinski definition) is 2. The summed E-state index contributed by atoms with van der Waals surface area (Å²) in [6.45, 7) is 1.07. The van der Waals surface area contributed by atoms with Gasteiger partial charge < -0.3 is 14.9 Å². The second-order valence-electron chi connectivity index (χ2n) is 6.34. The Hall–Kier alpha value is -1.93. The summed E-state index contributed by atoms with van der Waals surface area (Å²) in [5.74, 6) is 0.289. The third-order valence-electron chi connectivity index (χ3n) is 4.01. The zero-order chi connectivity index (χ0) is 18.9. The lowest BCUT2D eigenvalue weighted by Gasteiger charge is -2.19. The third kappa shape index (κ3) is 6.62. The van der Waals surface area contributed by atoms with Crippen molar-refractivity contribution in [1.29, 1.82) is 0 Å². The Morgan fingerprint density at radius 1 is 1.22 bits per heavy atom. The van der Waals surface area contributed by atoms with Crippen molar-refractivity contribution in [3.8, 4) is 0 Å². The summed E-state index contributed by atoms with van der Waals surface area (Å²) >= 11 is 1.89. The average Bonchev–Trinajstić information content (AvgIpc) is 3.50. The van der Waals surface area contributed by atoms with Gasteiger partial charge in [-0.1, -0.05) is 18.2 Å². The molecular formula is C20H25N3O3S. The number of benzene rings is 1. The Bertz CT molecular complexity index is 708.